The van der Waals surface area contributed by atoms with Crippen LogP contribution in [0.3, 0.4) is 0 Å². The molecule has 0 fully saturated rings. The van der Waals surface area contributed by atoms with E-state index in [9.17, 15) is 4.79 Å². The zero-order chi connectivity index (χ0) is 13.5. The van der Waals surface area contributed by atoms with Crippen LogP contribution in [0.4, 0.5) is 5.82 Å². The highest BCUT2D eigenvalue weighted by Crippen LogP contribution is 2.17. The highest BCUT2D eigenvalue weighted by molar-refractivity contribution is 5.67. The van der Waals surface area contributed by atoms with Gasteiger partial charge in [-0.1, -0.05) is 19.9 Å². The standard InChI is InChI=1S/C14H22N2O2/c1-11(2)6-9-16(10-7-13(17)18)14-12(3)5-4-8-15-14/h4-5,8,11H,6-7,9-10H2,1-3H3,(H,17,18). The zero-order valence-electron chi connectivity index (χ0n) is 11.4. The Labute approximate surface area is 109 Å². The van der Waals surface area contributed by atoms with Crippen LogP contribution < -0.4 is 4.90 Å². The molecule has 0 aliphatic carbocycles. The van der Waals surface area contributed by atoms with Gasteiger partial charge >= 0.3 is 5.97 Å². The number of aryl methyl sites for hydroxylation is 1. The van der Waals surface area contributed by atoms with Gasteiger partial charge in [0.15, 0.2) is 0 Å². The van der Waals surface area contributed by atoms with Gasteiger partial charge in [-0.3, -0.25) is 4.79 Å². The van der Waals surface area contributed by atoms with Crippen LogP contribution in [0.2, 0.25) is 0 Å². The average molecular weight is 250 g/mol. The van der Waals surface area contributed by atoms with E-state index in [1.807, 2.05) is 19.1 Å². The third kappa shape index (κ3) is 4.73. The normalized spacial score (nSPS) is 10.7. The van der Waals surface area contributed by atoms with Crippen LogP contribution in [0.1, 0.15) is 32.3 Å². The van der Waals surface area contributed by atoms with Crippen molar-refractivity contribution in [3.8, 4) is 0 Å². The number of aliphatic carboxylic acids is 1. The van der Waals surface area contributed by atoms with Crippen molar-refractivity contribution < 1.29 is 9.90 Å². The van der Waals surface area contributed by atoms with Crippen LogP contribution in [-0.4, -0.2) is 29.1 Å². The van der Waals surface area contributed by atoms with E-state index < -0.39 is 5.97 Å². The number of carboxylic acids is 1. The van der Waals surface area contributed by atoms with Crippen molar-refractivity contribution in [3.05, 3.63) is 23.9 Å². The Balaban J connectivity index is 2.75. The number of rotatable bonds is 7. The summed E-state index contributed by atoms with van der Waals surface area (Å²) in [6.07, 6.45) is 2.94. The van der Waals surface area contributed by atoms with Gasteiger partial charge in [-0.2, -0.15) is 0 Å². The molecule has 100 valence electrons. The molecule has 0 aliphatic rings. The SMILES string of the molecule is Cc1cccnc1N(CCC(=O)O)CCC(C)C. The number of pyridine rings is 1. The van der Waals surface area contributed by atoms with Crippen molar-refractivity contribution in [2.45, 2.75) is 33.6 Å². The highest BCUT2D eigenvalue weighted by atomic mass is 16.4. The monoisotopic (exact) mass is 250 g/mol. The van der Waals surface area contributed by atoms with Gasteiger partial charge in [0.1, 0.15) is 5.82 Å². The van der Waals surface area contributed by atoms with Gasteiger partial charge in [-0.25, -0.2) is 4.98 Å². The Morgan fingerprint density at radius 2 is 2.17 bits per heavy atom. The molecule has 0 aliphatic heterocycles. The molecule has 1 aromatic heterocycles. The molecule has 0 aromatic carbocycles. The van der Waals surface area contributed by atoms with Gasteiger partial charge in [0.25, 0.3) is 0 Å². The largest absolute Gasteiger partial charge is 0.481 e. The number of hydrogen-bond acceptors (Lipinski definition) is 3. The molecular formula is C14H22N2O2. The average Bonchev–Trinajstić information content (AvgIpc) is 2.30. The summed E-state index contributed by atoms with van der Waals surface area (Å²) >= 11 is 0. The van der Waals surface area contributed by atoms with Gasteiger partial charge in [0, 0.05) is 19.3 Å². The molecule has 1 rings (SSSR count). The van der Waals surface area contributed by atoms with Crippen LogP contribution in [0.5, 0.6) is 0 Å². The lowest BCUT2D eigenvalue weighted by Gasteiger charge is -2.25. The maximum absolute atomic E-state index is 10.7. The van der Waals surface area contributed by atoms with Crippen LogP contribution >= 0.6 is 0 Å². The number of anilines is 1. The van der Waals surface area contributed by atoms with Crippen molar-refractivity contribution in [1.29, 1.82) is 0 Å². The van der Waals surface area contributed by atoms with E-state index in [1.54, 1.807) is 6.20 Å². The summed E-state index contributed by atoms with van der Waals surface area (Å²) in [5, 5.41) is 8.81. The van der Waals surface area contributed by atoms with E-state index in [0.29, 0.717) is 12.5 Å². The third-order valence-corrected chi connectivity index (χ3v) is 2.85. The Morgan fingerprint density at radius 3 is 2.72 bits per heavy atom. The molecule has 0 saturated heterocycles. The molecular weight excluding hydrogens is 228 g/mol. The Bertz CT molecular complexity index is 391. The predicted octanol–water partition coefficient (Wildman–Crippen LogP) is 2.72. The first-order chi connectivity index (χ1) is 8.50. The van der Waals surface area contributed by atoms with Crippen LogP contribution in [0.15, 0.2) is 18.3 Å². The zero-order valence-corrected chi connectivity index (χ0v) is 11.4. The fourth-order valence-corrected chi connectivity index (χ4v) is 1.78. The maximum atomic E-state index is 10.7. The number of carboxylic acid groups (broad SMARTS) is 1. The number of hydrogen-bond donors (Lipinski definition) is 1. The second-order valence-electron chi connectivity index (χ2n) is 4.96. The van der Waals surface area contributed by atoms with E-state index >= 15 is 0 Å². The summed E-state index contributed by atoms with van der Waals surface area (Å²) in [5.41, 5.74) is 1.09. The number of nitrogens with zero attached hydrogens (tertiary/aromatic N) is 2. The van der Waals surface area contributed by atoms with Crippen molar-refractivity contribution in [3.63, 3.8) is 0 Å². The molecule has 0 radical (unpaired) electrons. The summed E-state index contributed by atoms with van der Waals surface area (Å²) in [5.74, 6) is 0.735. The van der Waals surface area contributed by atoms with E-state index in [1.165, 1.54) is 0 Å². The first kappa shape index (κ1) is 14.5. The van der Waals surface area contributed by atoms with Crippen molar-refractivity contribution in [2.24, 2.45) is 5.92 Å². The van der Waals surface area contributed by atoms with Crippen LogP contribution in [0.25, 0.3) is 0 Å². The predicted molar refractivity (Wildman–Crippen MR) is 72.9 cm³/mol. The summed E-state index contributed by atoms with van der Waals surface area (Å²) < 4.78 is 0. The second-order valence-corrected chi connectivity index (χ2v) is 4.96. The molecule has 4 nitrogen and oxygen atoms in total. The second kappa shape index (κ2) is 6.99. The molecule has 1 aromatic rings. The third-order valence-electron chi connectivity index (χ3n) is 2.85. The Morgan fingerprint density at radius 1 is 1.44 bits per heavy atom. The smallest absolute Gasteiger partial charge is 0.305 e. The first-order valence-electron chi connectivity index (χ1n) is 6.39. The Hall–Kier alpha value is -1.58. The number of carbonyl (C=O) groups is 1. The van der Waals surface area contributed by atoms with Gasteiger partial charge in [0.05, 0.1) is 6.42 Å². The van der Waals surface area contributed by atoms with E-state index in [-0.39, 0.29) is 6.42 Å². The molecule has 0 bridgehead atoms. The topological polar surface area (TPSA) is 53.4 Å². The summed E-state index contributed by atoms with van der Waals surface area (Å²) in [6, 6.07) is 3.90. The summed E-state index contributed by atoms with van der Waals surface area (Å²) in [4.78, 5) is 17.2. The maximum Gasteiger partial charge on any atom is 0.305 e. The van der Waals surface area contributed by atoms with Gasteiger partial charge in [0.2, 0.25) is 0 Å². The lowest BCUT2D eigenvalue weighted by molar-refractivity contribution is -0.136. The minimum atomic E-state index is -0.766. The number of aromatic nitrogens is 1. The van der Waals surface area contributed by atoms with Gasteiger partial charge in [-0.05, 0) is 30.9 Å². The minimum Gasteiger partial charge on any atom is -0.481 e. The van der Waals surface area contributed by atoms with Crippen molar-refractivity contribution >= 4 is 11.8 Å². The van der Waals surface area contributed by atoms with Crippen LogP contribution in [0, 0.1) is 12.8 Å². The lowest BCUT2D eigenvalue weighted by Crippen LogP contribution is -2.29. The Kier molecular flexibility index (Phi) is 5.62. The summed E-state index contributed by atoms with van der Waals surface area (Å²) in [6.45, 7) is 7.70. The molecule has 0 unspecified atom stereocenters. The van der Waals surface area contributed by atoms with Crippen molar-refractivity contribution in [2.75, 3.05) is 18.0 Å². The fraction of sp³-hybridized carbons (Fsp3) is 0.571. The molecule has 0 amide bonds. The molecule has 1 heterocycles. The van der Waals surface area contributed by atoms with E-state index in [2.05, 4.69) is 23.7 Å². The van der Waals surface area contributed by atoms with Gasteiger partial charge < -0.3 is 10.0 Å². The van der Waals surface area contributed by atoms with E-state index in [4.69, 9.17) is 5.11 Å². The van der Waals surface area contributed by atoms with Crippen molar-refractivity contribution in [1.82, 2.24) is 4.98 Å². The molecule has 18 heavy (non-hydrogen) atoms. The van der Waals surface area contributed by atoms with Crippen LogP contribution in [-0.2, 0) is 4.79 Å². The van der Waals surface area contributed by atoms with Gasteiger partial charge in [-0.15, -0.1) is 0 Å². The molecule has 1 N–H and O–H groups in total. The molecule has 0 spiro atoms. The minimum absolute atomic E-state index is 0.147. The summed E-state index contributed by atoms with van der Waals surface area (Å²) in [7, 11) is 0. The molecule has 0 atom stereocenters. The quantitative estimate of drug-likeness (QED) is 0.808. The highest BCUT2D eigenvalue weighted by Gasteiger charge is 2.12. The first-order valence-corrected chi connectivity index (χ1v) is 6.39. The molecule has 0 saturated carbocycles. The van der Waals surface area contributed by atoms with E-state index in [0.717, 1.165) is 24.3 Å². The lowest BCUT2D eigenvalue weighted by atomic mass is 10.1. The molecule has 4 heteroatoms. The fourth-order valence-electron chi connectivity index (χ4n) is 1.78.